The van der Waals surface area contributed by atoms with Gasteiger partial charge in [0.2, 0.25) is 5.76 Å². The Morgan fingerprint density at radius 3 is 2.68 bits per heavy atom. The second-order valence-electron chi connectivity index (χ2n) is 5.54. The predicted octanol–water partition coefficient (Wildman–Crippen LogP) is 2.00. The van der Waals surface area contributed by atoms with Crippen LogP contribution < -0.4 is 16.0 Å². The maximum Gasteiger partial charge on any atom is 0.295 e. The first-order valence-electron chi connectivity index (χ1n) is 7.45. The molecular formula is C16H20N4O2. The quantitative estimate of drug-likeness (QED) is 0.847. The molecule has 22 heavy (non-hydrogen) atoms. The van der Waals surface area contributed by atoms with Crippen LogP contribution in [0.3, 0.4) is 0 Å². The van der Waals surface area contributed by atoms with E-state index in [9.17, 15) is 4.79 Å². The van der Waals surface area contributed by atoms with Gasteiger partial charge in [0.25, 0.3) is 5.91 Å². The number of nitrogens with two attached hydrogens (primary N) is 1. The maximum atomic E-state index is 12.5. The molecule has 3 N–H and O–H groups in total. The highest BCUT2D eigenvalue weighted by Gasteiger charge is 2.23. The van der Waals surface area contributed by atoms with Gasteiger partial charge in [0.15, 0.2) is 5.89 Å². The molecule has 1 aliphatic heterocycles. The van der Waals surface area contributed by atoms with Crippen molar-refractivity contribution in [3.8, 4) is 0 Å². The molecular weight excluding hydrogens is 280 g/mol. The number of piperidine rings is 1. The lowest BCUT2D eigenvalue weighted by atomic mass is 9.98. The minimum Gasteiger partial charge on any atom is -0.435 e. The summed E-state index contributed by atoms with van der Waals surface area (Å²) < 4.78 is 5.70. The molecule has 1 fully saturated rings. The number of hydrogen-bond donors (Lipinski definition) is 2. The number of carbonyl (C=O) groups is 1. The number of rotatable bonds is 3. The van der Waals surface area contributed by atoms with Crippen molar-refractivity contribution >= 4 is 17.3 Å². The average molecular weight is 300 g/mol. The zero-order valence-electron chi connectivity index (χ0n) is 12.6. The minimum atomic E-state index is -0.211. The van der Waals surface area contributed by atoms with Gasteiger partial charge in [0, 0.05) is 24.3 Å². The SMILES string of the molecule is CN(C(=O)c1cnc(C2CCNCC2)o1)c1ccc(N)cc1. The zero-order valence-corrected chi connectivity index (χ0v) is 12.6. The summed E-state index contributed by atoms with van der Waals surface area (Å²) in [7, 11) is 1.71. The molecule has 1 saturated heterocycles. The fourth-order valence-electron chi connectivity index (χ4n) is 2.62. The smallest absolute Gasteiger partial charge is 0.295 e. The number of aromatic nitrogens is 1. The molecule has 0 radical (unpaired) electrons. The van der Waals surface area contributed by atoms with E-state index in [1.807, 2.05) is 0 Å². The molecule has 3 rings (SSSR count). The molecule has 2 aromatic rings. The topological polar surface area (TPSA) is 84.4 Å². The van der Waals surface area contributed by atoms with Crippen LogP contribution in [0.15, 0.2) is 34.9 Å². The Labute approximate surface area is 129 Å². The van der Waals surface area contributed by atoms with Crippen molar-refractivity contribution < 1.29 is 9.21 Å². The van der Waals surface area contributed by atoms with Crippen molar-refractivity contribution in [2.75, 3.05) is 30.8 Å². The monoisotopic (exact) mass is 300 g/mol. The normalized spacial score (nSPS) is 15.7. The van der Waals surface area contributed by atoms with E-state index in [2.05, 4.69) is 10.3 Å². The fourth-order valence-corrected chi connectivity index (χ4v) is 2.62. The van der Waals surface area contributed by atoms with Crippen LogP contribution in [0.5, 0.6) is 0 Å². The van der Waals surface area contributed by atoms with Gasteiger partial charge < -0.3 is 20.4 Å². The predicted molar refractivity (Wildman–Crippen MR) is 84.9 cm³/mol. The van der Waals surface area contributed by atoms with Crippen LogP contribution in [0.2, 0.25) is 0 Å². The lowest BCUT2D eigenvalue weighted by Gasteiger charge is -2.19. The van der Waals surface area contributed by atoms with Crippen LogP contribution in [0, 0.1) is 0 Å². The molecule has 1 aromatic carbocycles. The van der Waals surface area contributed by atoms with Gasteiger partial charge in [-0.25, -0.2) is 4.98 Å². The van der Waals surface area contributed by atoms with Crippen LogP contribution in [0.25, 0.3) is 0 Å². The molecule has 6 heteroatoms. The zero-order chi connectivity index (χ0) is 15.5. The number of oxazole rings is 1. The lowest BCUT2D eigenvalue weighted by Crippen LogP contribution is -2.27. The summed E-state index contributed by atoms with van der Waals surface area (Å²) in [6.07, 6.45) is 3.50. The summed E-state index contributed by atoms with van der Waals surface area (Å²) in [6.45, 7) is 1.92. The summed E-state index contributed by atoms with van der Waals surface area (Å²) in [5.41, 5.74) is 7.09. The molecule has 116 valence electrons. The number of benzene rings is 1. The summed E-state index contributed by atoms with van der Waals surface area (Å²) in [4.78, 5) is 18.3. The van der Waals surface area contributed by atoms with Gasteiger partial charge in [-0.05, 0) is 50.2 Å². The van der Waals surface area contributed by atoms with Gasteiger partial charge in [0.1, 0.15) is 0 Å². The molecule has 0 unspecified atom stereocenters. The highest BCUT2D eigenvalue weighted by Crippen LogP contribution is 2.25. The molecule has 2 heterocycles. The third-order valence-electron chi connectivity index (χ3n) is 4.01. The fraction of sp³-hybridized carbons (Fsp3) is 0.375. The Bertz CT molecular complexity index is 644. The average Bonchev–Trinajstić information content (AvgIpc) is 3.05. The van der Waals surface area contributed by atoms with Crippen molar-refractivity contribution in [1.29, 1.82) is 0 Å². The third-order valence-corrected chi connectivity index (χ3v) is 4.01. The van der Waals surface area contributed by atoms with E-state index in [-0.39, 0.29) is 11.7 Å². The van der Waals surface area contributed by atoms with E-state index in [0.29, 0.717) is 17.5 Å². The second-order valence-corrected chi connectivity index (χ2v) is 5.54. The van der Waals surface area contributed by atoms with Gasteiger partial charge in [-0.2, -0.15) is 0 Å². The highest BCUT2D eigenvalue weighted by molar-refractivity contribution is 6.03. The van der Waals surface area contributed by atoms with Gasteiger partial charge in [0.05, 0.1) is 6.20 Å². The van der Waals surface area contributed by atoms with E-state index in [1.165, 1.54) is 11.1 Å². The summed E-state index contributed by atoms with van der Waals surface area (Å²) in [5.74, 6) is 1.02. The number of hydrogen-bond acceptors (Lipinski definition) is 5. The van der Waals surface area contributed by atoms with Gasteiger partial charge >= 0.3 is 0 Å². The number of nitrogens with one attached hydrogen (secondary N) is 1. The van der Waals surface area contributed by atoms with Gasteiger partial charge in [-0.3, -0.25) is 4.79 Å². The van der Waals surface area contributed by atoms with Gasteiger partial charge in [-0.1, -0.05) is 0 Å². The van der Waals surface area contributed by atoms with Crippen molar-refractivity contribution in [3.05, 3.63) is 42.1 Å². The molecule has 0 atom stereocenters. The second kappa shape index (κ2) is 6.19. The molecule has 1 aromatic heterocycles. The van der Waals surface area contributed by atoms with E-state index >= 15 is 0 Å². The van der Waals surface area contributed by atoms with E-state index in [1.54, 1.807) is 31.3 Å². The number of nitrogen functional groups attached to an aromatic ring is 1. The Balaban J connectivity index is 1.74. The van der Waals surface area contributed by atoms with Crippen LogP contribution >= 0.6 is 0 Å². The summed E-state index contributed by atoms with van der Waals surface area (Å²) in [5, 5.41) is 3.30. The van der Waals surface area contributed by atoms with Crippen LogP contribution in [0.1, 0.15) is 35.2 Å². The van der Waals surface area contributed by atoms with Crippen LogP contribution in [-0.4, -0.2) is 31.0 Å². The first kappa shape index (κ1) is 14.6. The van der Waals surface area contributed by atoms with Crippen molar-refractivity contribution in [1.82, 2.24) is 10.3 Å². The van der Waals surface area contributed by atoms with Crippen molar-refractivity contribution in [2.24, 2.45) is 0 Å². The minimum absolute atomic E-state index is 0.211. The van der Waals surface area contributed by atoms with E-state index in [4.69, 9.17) is 10.2 Å². The number of nitrogens with zero attached hydrogens (tertiary/aromatic N) is 2. The van der Waals surface area contributed by atoms with E-state index in [0.717, 1.165) is 31.6 Å². The Kier molecular flexibility index (Phi) is 4.11. The number of anilines is 2. The molecule has 0 aliphatic carbocycles. The van der Waals surface area contributed by atoms with Crippen LogP contribution in [0.4, 0.5) is 11.4 Å². The Hall–Kier alpha value is -2.34. The summed E-state index contributed by atoms with van der Waals surface area (Å²) in [6, 6.07) is 7.13. The third kappa shape index (κ3) is 2.96. The van der Waals surface area contributed by atoms with Gasteiger partial charge in [-0.15, -0.1) is 0 Å². The largest absolute Gasteiger partial charge is 0.435 e. The molecule has 0 saturated carbocycles. The van der Waals surface area contributed by atoms with Crippen molar-refractivity contribution in [3.63, 3.8) is 0 Å². The Morgan fingerprint density at radius 1 is 1.32 bits per heavy atom. The number of carbonyl (C=O) groups excluding carboxylic acids is 1. The first-order valence-corrected chi connectivity index (χ1v) is 7.45. The lowest BCUT2D eigenvalue weighted by molar-refractivity contribution is 0.0963. The molecule has 1 amide bonds. The van der Waals surface area contributed by atoms with E-state index < -0.39 is 0 Å². The summed E-state index contributed by atoms with van der Waals surface area (Å²) >= 11 is 0. The van der Waals surface area contributed by atoms with Crippen molar-refractivity contribution in [2.45, 2.75) is 18.8 Å². The highest BCUT2D eigenvalue weighted by atomic mass is 16.4. The molecule has 1 aliphatic rings. The number of amides is 1. The molecule has 0 spiro atoms. The maximum absolute atomic E-state index is 12.5. The molecule has 6 nitrogen and oxygen atoms in total. The van der Waals surface area contributed by atoms with Crippen LogP contribution in [-0.2, 0) is 0 Å². The Morgan fingerprint density at radius 2 is 2.00 bits per heavy atom. The first-order chi connectivity index (χ1) is 10.6. The molecule has 0 bridgehead atoms. The standard InChI is InChI=1S/C16H20N4O2/c1-20(13-4-2-12(17)3-5-13)16(21)14-10-19-15(22-14)11-6-8-18-9-7-11/h2-5,10-11,18H,6-9,17H2,1H3.